The molecule has 2 N–H and O–H groups in total. The van der Waals surface area contributed by atoms with Crippen LogP contribution in [0.5, 0.6) is 0 Å². The average molecular weight is 280 g/mol. The molecule has 0 spiro atoms. The van der Waals surface area contributed by atoms with Gasteiger partial charge in [0.25, 0.3) is 0 Å². The zero-order chi connectivity index (χ0) is 13.7. The van der Waals surface area contributed by atoms with Crippen molar-refractivity contribution in [2.75, 3.05) is 19.6 Å². The summed E-state index contributed by atoms with van der Waals surface area (Å²) in [5.41, 5.74) is 6.05. The standard InChI is InChI=1S/C14H24N4S/c1-3-12-10-17-13(19-12)4-7-16-14(15)18-8-5-11(2)6-9-18/h10-11H,3-9H2,1-2H3,(H2,15,16). The van der Waals surface area contributed by atoms with Crippen molar-refractivity contribution in [3.8, 4) is 0 Å². The number of rotatable bonds is 4. The highest BCUT2D eigenvalue weighted by atomic mass is 32.1. The van der Waals surface area contributed by atoms with Crippen molar-refractivity contribution < 1.29 is 0 Å². The highest BCUT2D eigenvalue weighted by Crippen LogP contribution is 2.16. The van der Waals surface area contributed by atoms with Crippen LogP contribution < -0.4 is 5.73 Å². The van der Waals surface area contributed by atoms with Gasteiger partial charge in [0.15, 0.2) is 5.96 Å². The second kappa shape index (κ2) is 6.89. The number of aliphatic imine (C=N–C) groups is 1. The summed E-state index contributed by atoms with van der Waals surface area (Å²) in [5.74, 6) is 1.53. The Morgan fingerprint density at radius 1 is 1.53 bits per heavy atom. The monoisotopic (exact) mass is 280 g/mol. The summed E-state index contributed by atoms with van der Waals surface area (Å²) >= 11 is 1.79. The molecular formula is C14H24N4S. The van der Waals surface area contributed by atoms with E-state index in [1.165, 1.54) is 22.7 Å². The molecule has 19 heavy (non-hydrogen) atoms. The number of aromatic nitrogens is 1. The van der Waals surface area contributed by atoms with E-state index in [1.54, 1.807) is 11.3 Å². The third-order valence-electron chi connectivity index (χ3n) is 3.66. The Labute approximate surface area is 119 Å². The number of guanidine groups is 1. The molecule has 1 aromatic rings. The second-order valence-corrected chi connectivity index (χ2v) is 6.43. The molecule has 0 radical (unpaired) electrons. The molecule has 0 amide bonds. The topological polar surface area (TPSA) is 54.5 Å². The largest absolute Gasteiger partial charge is 0.370 e. The maximum atomic E-state index is 6.05. The van der Waals surface area contributed by atoms with Gasteiger partial charge in [0, 0.05) is 37.1 Å². The molecule has 0 aliphatic carbocycles. The molecule has 0 saturated carbocycles. The van der Waals surface area contributed by atoms with Crippen LogP contribution in [-0.4, -0.2) is 35.5 Å². The molecule has 5 heteroatoms. The van der Waals surface area contributed by atoms with Gasteiger partial charge in [-0.05, 0) is 25.2 Å². The fraction of sp³-hybridized carbons (Fsp3) is 0.714. The quantitative estimate of drug-likeness (QED) is 0.680. The predicted molar refractivity (Wildman–Crippen MR) is 81.7 cm³/mol. The Balaban J connectivity index is 1.78. The fourth-order valence-electron chi connectivity index (χ4n) is 2.23. The summed E-state index contributed by atoms with van der Waals surface area (Å²) in [7, 11) is 0. The van der Waals surface area contributed by atoms with Gasteiger partial charge in [0.1, 0.15) is 0 Å². The molecule has 0 aromatic carbocycles. The Bertz CT molecular complexity index is 419. The SMILES string of the molecule is CCc1cnc(CCN=C(N)N2CCC(C)CC2)s1. The lowest BCUT2D eigenvalue weighted by Gasteiger charge is -2.31. The number of likely N-dealkylation sites (tertiary alicyclic amines) is 1. The van der Waals surface area contributed by atoms with Crippen molar-refractivity contribution in [1.29, 1.82) is 0 Å². The first-order valence-corrected chi connectivity index (χ1v) is 7.99. The van der Waals surface area contributed by atoms with E-state index >= 15 is 0 Å². The predicted octanol–water partition coefficient (Wildman–Crippen LogP) is 2.29. The molecule has 1 aromatic heterocycles. The van der Waals surface area contributed by atoms with Gasteiger partial charge in [-0.1, -0.05) is 13.8 Å². The Kier molecular flexibility index (Phi) is 5.19. The molecule has 4 nitrogen and oxygen atoms in total. The van der Waals surface area contributed by atoms with E-state index in [-0.39, 0.29) is 0 Å². The van der Waals surface area contributed by atoms with Crippen LogP contribution in [0.1, 0.15) is 36.6 Å². The molecule has 1 aliphatic heterocycles. The minimum atomic E-state index is 0.708. The van der Waals surface area contributed by atoms with Gasteiger partial charge in [0.2, 0.25) is 0 Å². The summed E-state index contributed by atoms with van der Waals surface area (Å²) in [5, 5.41) is 1.17. The minimum absolute atomic E-state index is 0.708. The zero-order valence-corrected chi connectivity index (χ0v) is 12.7. The fourth-order valence-corrected chi connectivity index (χ4v) is 3.08. The zero-order valence-electron chi connectivity index (χ0n) is 11.9. The van der Waals surface area contributed by atoms with Crippen molar-refractivity contribution in [3.63, 3.8) is 0 Å². The van der Waals surface area contributed by atoms with E-state index in [0.717, 1.165) is 38.4 Å². The van der Waals surface area contributed by atoms with E-state index in [1.807, 2.05) is 6.20 Å². The van der Waals surface area contributed by atoms with Gasteiger partial charge in [-0.15, -0.1) is 11.3 Å². The molecule has 1 fully saturated rings. The number of hydrogen-bond acceptors (Lipinski definition) is 3. The van der Waals surface area contributed by atoms with Crippen LogP contribution >= 0.6 is 11.3 Å². The number of nitrogens with zero attached hydrogens (tertiary/aromatic N) is 3. The molecule has 0 unspecified atom stereocenters. The van der Waals surface area contributed by atoms with Crippen LogP contribution in [0.3, 0.4) is 0 Å². The Morgan fingerprint density at radius 2 is 2.26 bits per heavy atom. The third kappa shape index (κ3) is 4.20. The van der Waals surface area contributed by atoms with E-state index in [4.69, 9.17) is 5.73 Å². The summed E-state index contributed by atoms with van der Waals surface area (Å²) in [6.07, 6.45) is 6.38. The third-order valence-corrected chi connectivity index (χ3v) is 4.86. The molecule has 0 atom stereocenters. The molecule has 2 heterocycles. The number of piperidine rings is 1. The van der Waals surface area contributed by atoms with Crippen LogP contribution in [0.4, 0.5) is 0 Å². The van der Waals surface area contributed by atoms with Crippen LogP contribution in [-0.2, 0) is 12.8 Å². The number of aryl methyl sites for hydroxylation is 1. The van der Waals surface area contributed by atoms with E-state index in [2.05, 4.69) is 28.7 Å². The van der Waals surface area contributed by atoms with Gasteiger partial charge in [0.05, 0.1) is 5.01 Å². The molecular weight excluding hydrogens is 256 g/mol. The summed E-state index contributed by atoms with van der Waals surface area (Å²) < 4.78 is 0. The van der Waals surface area contributed by atoms with Crippen molar-refractivity contribution in [2.24, 2.45) is 16.6 Å². The first kappa shape index (κ1) is 14.3. The second-order valence-electron chi connectivity index (χ2n) is 5.23. The van der Waals surface area contributed by atoms with E-state index in [9.17, 15) is 0 Å². The van der Waals surface area contributed by atoms with Crippen molar-refractivity contribution in [1.82, 2.24) is 9.88 Å². The van der Waals surface area contributed by atoms with Crippen molar-refractivity contribution in [2.45, 2.75) is 39.5 Å². The highest BCUT2D eigenvalue weighted by molar-refractivity contribution is 7.11. The minimum Gasteiger partial charge on any atom is -0.370 e. The normalized spacial score (nSPS) is 18.0. The summed E-state index contributed by atoms with van der Waals surface area (Å²) in [4.78, 5) is 12.4. The molecule has 0 bridgehead atoms. The van der Waals surface area contributed by atoms with Gasteiger partial charge in [-0.3, -0.25) is 4.99 Å². The lowest BCUT2D eigenvalue weighted by molar-refractivity contribution is 0.277. The summed E-state index contributed by atoms with van der Waals surface area (Å²) in [6.45, 7) is 7.30. The van der Waals surface area contributed by atoms with Gasteiger partial charge in [-0.2, -0.15) is 0 Å². The molecule has 2 rings (SSSR count). The summed E-state index contributed by atoms with van der Waals surface area (Å²) in [6, 6.07) is 0. The lowest BCUT2D eigenvalue weighted by atomic mass is 10.00. The molecule has 1 saturated heterocycles. The number of hydrogen-bond donors (Lipinski definition) is 1. The first-order chi connectivity index (χ1) is 9.19. The highest BCUT2D eigenvalue weighted by Gasteiger charge is 2.16. The van der Waals surface area contributed by atoms with Crippen molar-refractivity contribution >= 4 is 17.3 Å². The van der Waals surface area contributed by atoms with Crippen LogP contribution in [0.2, 0.25) is 0 Å². The van der Waals surface area contributed by atoms with Gasteiger partial charge < -0.3 is 10.6 Å². The average Bonchev–Trinajstić information content (AvgIpc) is 2.87. The molecule has 1 aliphatic rings. The maximum Gasteiger partial charge on any atom is 0.191 e. The lowest BCUT2D eigenvalue weighted by Crippen LogP contribution is -2.42. The van der Waals surface area contributed by atoms with E-state index < -0.39 is 0 Å². The molecule has 106 valence electrons. The van der Waals surface area contributed by atoms with Crippen LogP contribution in [0.15, 0.2) is 11.2 Å². The number of nitrogens with two attached hydrogens (primary N) is 1. The van der Waals surface area contributed by atoms with Crippen LogP contribution in [0, 0.1) is 5.92 Å². The number of thiazole rings is 1. The van der Waals surface area contributed by atoms with Crippen molar-refractivity contribution in [3.05, 3.63) is 16.1 Å². The van der Waals surface area contributed by atoms with Gasteiger partial charge in [-0.25, -0.2) is 4.98 Å². The van der Waals surface area contributed by atoms with Gasteiger partial charge >= 0.3 is 0 Å². The maximum absolute atomic E-state index is 6.05. The van der Waals surface area contributed by atoms with E-state index in [0.29, 0.717) is 5.96 Å². The Morgan fingerprint density at radius 3 is 2.89 bits per heavy atom. The first-order valence-electron chi connectivity index (χ1n) is 7.17. The van der Waals surface area contributed by atoms with Crippen LogP contribution in [0.25, 0.3) is 0 Å². The Hall–Kier alpha value is -1.10. The smallest absolute Gasteiger partial charge is 0.191 e.